The molecule has 0 aliphatic carbocycles. The van der Waals surface area contributed by atoms with Crippen molar-refractivity contribution in [1.82, 2.24) is 20.2 Å². The molecule has 3 rings (SSSR count). The van der Waals surface area contributed by atoms with Crippen molar-refractivity contribution in [3.63, 3.8) is 0 Å². The lowest BCUT2D eigenvalue weighted by Crippen LogP contribution is -2.41. The Balaban J connectivity index is 1.59. The van der Waals surface area contributed by atoms with E-state index >= 15 is 0 Å². The van der Waals surface area contributed by atoms with Gasteiger partial charge in [0.25, 0.3) is 5.91 Å². The van der Waals surface area contributed by atoms with Gasteiger partial charge in [-0.3, -0.25) is 9.69 Å². The number of carbonyl (C=O) groups is 2. The van der Waals surface area contributed by atoms with Crippen LogP contribution in [0.25, 0.3) is 0 Å². The van der Waals surface area contributed by atoms with Gasteiger partial charge in [-0.1, -0.05) is 0 Å². The molecule has 2 N–H and O–H groups in total. The van der Waals surface area contributed by atoms with Gasteiger partial charge in [-0.25, -0.2) is 14.8 Å². The van der Waals surface area contributed by atoms with Crippen molar-refractivity contribution in [1.29, 1.82) is 0 Å². The molecule has 1 fully saturated rings. The number of esters is 1. The Kier molecular flexibility index (Phi) is 7.09. The van der Waals surface area contributed by atoms with Crippen molar-refractivity contribution in [3.8, 4) is 0 Å². The quantitative estimate of drug-likeness (QED) is 0.673. The highest BCUT2D eigenvalue weighted by molar-refractivity contribution is 5.93. The van der Waals surface area contributed by atoms with Gasteiger partial charge in [0, 0.05) is 37.9 Å². The zero-order chi connectivity index (χ0) is 20.6. The second-order valence-electron chi connectivity index (χ2n) is 6.59. The summed E-state index contributed by atoms with van der Waals surface area (Å²) in [7, 11) is 1.34. The van der Waals surface area contributed by atoms with Crippen molar-refractivity contribution >= 4 is 23.4 Å². The predicted octanol–water partition coefficient (Wildman–Crippen LogP) is 1.38. The third kappa shape index (κ3) is 5.97. The molecular formula is C20H25N5O4. The molecule has 154 valence electrons. The molecule has 9 heteroatoms. The largest absolute Gasteiger partial charge is 0.465 e. The first-order valence-corrected chi connectivity index (χ1v) is 9.44. The van der Waals surface area contributed by atoms with E-state index in [1.165, 1.54) is 7.11 Å². The molecular weight excluding hydrogens is 374 g/mol. The fourth-order valence-corrected chi connectivity index (χ4v) is 2.95. The summed E-state index contributed by atoms with van der Waals surface area (Å²) in [6, 6.07) is 8.39. The first kappa shape index (κ1) is 20.7. The van der Waals surface area contributed by atoms with Crippen LogP contribution in [0.4, 0.5) is 11.5 Å². The SMILES string of the molecule is COC(=O)c1ccc(Nc2cc(C(=O)NCCN3CCOCC3)nc(C)n2)cc1. The van der Waals surface area contributed by atoms with Crippen molar-refractivity contribution in [3.05, 3.63) is 47.4 Å². The van der Waals surface area contributed by atoms with Gasteiger partial charge in [-0.05, 0) is 31.2 Å². The molecule has 0 bridgehead atoms. The average molecular weight is 399 g/mol. The molecule has 1 saturated heterocycles. The Morgan fingerprint density at radius 3 is 2.59 bits per heavy atom. The molecule has 0 radical (unpaired) electrons. The number of carbonyl (C=O) groups excluding carboxylic acids is 2. The van der Waals surface area contributed by atoms with Gasteiger partial charge < -0.3 is 20.1 Å². The number of hydrogen-bond donors (Lipinski definition) is 2. The Labute approximate surface area is 169 Å². The minimum Gasteiger partial charge on any atom is -0.465 e. The number of nitrogens with one attached hydrogen (secondary N) is 2. The minimum atomic E-state index is -0.398. The van der Waals surface area contributed by atoms with Crippen LogP contribution in [0.2, 0.25) is 0 Å². The summed E-state index contributed by atoms with van der Waals surface area (Å²) >= 11 is 0. The van der Waals surface area contributed by atoms with E-state index in [9.17, 15) is 9.59 Å². The Hall–Kier alpha value is -3.04. The topological polar surface area (TPSA) is 106 Å². The number of rotatable bonds is 7. The molecule has 1 aromatic carbocycles. The zero-order valence-corrected chi connectivity index (χ0v) is 16.6. The van der Waals surface area contributed by atoms with Gasteiger partial charge in [0.05, 0.1) is 25.9 Å². The standard InChI is InChI=1S/C20H25N5O4/c1-14-22-17(19(26)21-7-8-25-9-11-29-12-10-25)13-18(23-14)24-16-5-3-15(4-6-16)20(27)28-2/h3-6,13H,7-12H2,1-2H3,(H,21,26)(H,22,23,24). The lowest BCUT2D eigenvalue weighted by atomic mass is 10.2. The monoisotopic (exact) mass is 399 g/mol. The summed E-state index contributed by atoms with van der Waals surface area (Å²) in [6.45, 7) is 6.27. The Morgan fingerprint density at radius 1 is 1.17 bits per heavy atom. The molecule has 1 amide bonds. The number of methoxy groups -OCH3 is 1. The molecule has 29 heavy (non-hydrogen) atoms. The van der Waals surface area contributed by atoms with Crippen LogP contribution < -0.4 is 10.6 Å². The highest BCUT2D eigenvalue weighted by Gasteiger charge is 2.13. The number of hydrogen-bond acceptors (Lipinski definition) is 8. The second-order valence-corrected chi connectivity index (χ2v) is 6.59. The van der Waals surface area contributed by atoms with E-state index in [1.807, 2.05) is 0 Å². The molecule has 0 spiro atoms. The number of amides is 1. The van der Waals surface area contributed by atoms with Crippen LogP contribution in [-0.2, 0) is 9.47 Å². The number of nitrogens with zero attached hydrogens (tertiary/aromatic N) is 3. The van der Waals surface area contributed by atoms with E-state index in [2.05, 4.69) is 30.2 Å². The molecule has 1 aliphatic heterocycles. The van der Waals surface area contributed by atoms with E-state index in [4.69, 9.17) is 4.74 Å². The number of aromatic nitrogens is 2. The third-order valence-electron chi connectivity index (χ3n) is 4.47. The summed E-state index contributed by atoms with van der Waals surface area (Å²) < 4.78 is 10.0. The number of benzene rings is 1. The molecule has 9 nitrogen and oxygen atoms in total. The third-order valence-corrected chi connectivity index (χ3v) is 4.47. The highest BCUT2D eigenvalue weighted by Crippen LogP contribution is 2.17. The van der Waals surface area contributed by atoms with Crippen LogP contribution in [0.3, 0.4) is 0 Å². The normalized spacial score (nSPS) is 14.3. The lowest BCUT2D eigenvalue weighted by molar-refractivity contribution is 0.0383. The average Bonchev–Trinajstić information content (AvgIpc) is 2.74. The van der Waals surface area contributed by atoms with Crippen molar-refractivity contribution in [2.45, 2.75) is 6.92 Å². The van der Waals surface area contributed by atoms with E-state index in [-0.39, 0.29) is 5.91 Å². The Morgan fingerprint density at radius 2 is 1.90 bits per heavy atom. The number of anilines is 2. The predicted molar refractivity (Wildman–Crippen MR) is 107 cm³/mol. The summed E-state index contributed by atoms with van der Waals surface area (Å²) in [5.74, 6) is 0.347. The molecule has 2 aromatic rings. The van der Waals surface area contributed by atoms with Crippen molar-refractivity contribution < 1.29 is 19.1 Å². The molecule has 1 aliphatic rings. The van der Waals surface area contributed by atoms with Gasteiger partial charge in [0.15, 0.2) is 0 Å². The van der Waals surface area contributed by atoms with Crippen LogP contribution >= 0.6 is 0 Å². The second kappa shape index (κ2) is 9.94. The van der Waals surface area contributed by atoms with Gasteiger partial charge in [-0.2, -0.15) is 0 Å². The summed E-state index contributed by atoms with van der Waals surface area (Å²) in [4.78, 5) is 34.8. The fourth-order valence-electron chi connectivity index (χ4n) is 2.95. The lowest BCUT2D eigenvalue weighted by Gasteiger charge is -2.26. The van der Waals surface area contributed by atoms with E-state index in [1.54, 1.807) is 37.3 Å². The van der Waals surface area contributed by atoms with Gasteiger partial charge >= 0.3 is 5.97 Å². The molecule has 0 atom stereocenters. The number of ether oxygens (including phenoxy) is 2. The van der Waals surface area contributed by atoms with Crippen LogP contribution in [0.15, 0.2) is 30.3 Å². The first-order chi connectivity index (χ1) is 14.0. The van der Waals surface area contributed by atoms with E-state index < -0.39 is 5.97 Å². The minimum absolute atomic E-state index is 0.243. The maximum absolute atomic E-state index is 12.5. The van der Waals surface area contributed by atoms with Crippen molar-refractivity contribution in [2.75, 3.05) is 51.8 Å². The van der Waals surface area contributed by atoms with Gasteiger partial charge in [0.2, 0.25) is 0 Å². The maximum atomic E-state index is 12.5. The highest BCUT2D eigenvalue weighted by atomic mass is 16.5. The van der Waals surface area contributed by atoms with E-state index in [0.717, 1.165) is 38.5 Å². The Bertz CT molecular complexity index is 850. The molecule has 0 saturated carbocycles. The van der Waals surface area contributed by atoms with Crippen LogP contribution in [-0.4, -0.2) is 73.2 Å². The van der Waals surface area contributed by atoms with Gasteiger partial charge in [0.1, 0.15) is 17.3 Å². The smallest absolute Gasteiger partial charge is 0.337 e. The molecule has 1 aromatic heterocycles. The van der Waals surface area contributed by atoms with Crippen molar-refractivity contribution in [2.24, 2.45) is 0 Å². The summed E-state index contributed by atoms with van der Waals surface area (Å²) in [5.41, 5.74) is 1.49. The fraction of sp³-hybridized carbons (Fsp3) is 0.400. The first-order valence-electron chi connectivity index (χ1n) is 9.44. The van der Waals surface area contributed by atoms with E-state index in [0.29, 0.717) is 29.4 Å². The maximum Gasteiger partial charge on any atom is 0.337 e. The zero-order valence-electron chi connectivity index (χ0n) is 16.6. The molecule has 0 unspecified atom stereocenters. The molecule has 2 heterocycles. The number of morpholine rings is 1. The van der Waals surface area contributed by atoms with Crippen LogP contribution in [0.5, 0.6) is 0 Å². The summed E-state index contributed by atoms with van der Waals surface area (Å²) in [5, 5.41) is 6.03. The number of aryl methyl sites for hydroxylation is 1. The summed E-state index contributed by atoms with van der Waals surface area (Å²) in [6.07, 6.45) is 0. The van der Waals surface area contributed by atoms with Gasteiger partial charge in [-0.15, -0.1) is 0 Å². The van der Waals surface area contributed by atoms with Crippen LogP contribution in [0.1, 0.15) is 26.7 Å². The van der Waals surface area contributed by atoms with Crippen LogP contribution in [0, 0.1) is 6.92 Å².